The van der Waals surface area contributed by atoms with Crippen molar-refractivity contribution >= 4 is 10.0 Å². The number of aryl methyl sites for hydroxylation is 1. The van der Waals surface area contributed by atoms with Crippen molar-refractivity contribution in [1.29, 1.82) is 0 Å². The molecular weight excluding hydrogens is 449 g/mol. The fourth-order valence-electron chi connectivity index (χ4n) is 4.33. The van der Waals surface area contributed by atoms with Gasteiger partial charge in [-0.15, -0.1) is 0 Å². The van der Waals surface area contributed by atoms with Gasteiger partial charge in [0, 0.05) is 31.9 Å². The first-order chi connectivity index (χ1) is 15.1. The smallest absolute Gasteiger partial charge is 0.433 e. The maximum Gasteiger partial charge on any atom is 0.433 e. The third-order valence-corrected chi connectivity index (χ3v) is 7.69. The molecule has 0 bridgehead atoms. The van der Waals surface area contributed by atoms with E-state index in [0.717, 1.165) is 38.2 Å². The molecule has 0 N–H and O–H groups in total. The molecule has 32 heavy (non-hydrogen) atoms. The number of hydrogen-bond acceptors (Lipinski definition) is 7. The van der Waals surface area contributed by atoms with Crippen LogP contribution in [0.2, 0.25) is 0 Å². The number of rotatable bonds is 5. The molecule has 0 radical (unpaired) electrons. The van der Waals surface area contributed by atoms with Crippen molar-refractivity contribution in [1.82, 2.24) is 28.7 Å². The van der Waals surface area contributed by atoms with Crippen LogP contribution in [0, 0.1) is 0 Å². The summed E-state index contributed by atoms with van der Waals surface area (Å²) in [7, 11) is -2.21. The lowest BCUT2D eigenvalue weighted by Gasteiger charge is -2.39. The summed E-state index contributed by atoms with van der Waals surface area (Å²) in [6.07, 6.45) is 1.30. The van der Waals surface area contributed by atoms with Gasteiger partial charge in [0.1, 0.15) is 12.4 Å². The van der Waals surface area contributed by atoms with E-state index >= 15 is 0 Å². The molecule has 176 valence electrons. The van der Waals surface area contributed by atoms with Gasteiger partial charge in [-0.2, -0.15) is 17.5 Å². The number of imidazole rings is 1. The minimum atomic E-state index is -4.63. The van der Waals surface area contributed by atoms with E-state index in [9.17, 15) is 21.6 Å². The lowest BCUT2D eigenvalue weighted by molar-refractivity contribution is -0.141. The Balaban J connectivity index is 1.62. The summed E-state index contributed by atoms with van der Waals surface area (Å²) in [6, 6.07) is 0.619. The average molecular weight is 475 g/mol. The normalized spacial score (nSPS) is 25.8. The fourth-order valence-corrected chi connectivity index (χ4v) is 5.77. The van der Waals surface area contributed by atoms with Gasteiger partial charge in [-0.25, -0.2) is 23.4 Å². The largest absolute Gasteiger partial charge is 0.471 e. The molecule has 4 rings (SSSR count). The third kappa shape index (κ3) is 4.59. The maximum atomic E-state index is 13.1. The van der Waals surface area contributed by atoms with E-state index in [0.29, 0.717) is 0 Å². The molecule has 2 aliphatic heterocycles. The van der Waals surface area contributed by atoms with Crippen LogP contribution < -0.4 is 4.74 Å². The Bertz CT molecular complexity index is 1060. The molecule has 2 aromatic heterocycles. The molecule has 2 fully saturated rings. The minimum absolute atomic E-state index is 0.0157. The Labute approximate surface area is 184 Å². The molecular formula is C19H25F3N6O3S. The zero-order valence-electron chi connectivity index (χ0n) is 17.7. The molecule has 3 unspecified atom stereocenters. The number of piperidine rings is 1. The quantitative estimate of drug-likeness (QED) is 0.654. The first kappa shape index (κ1) is 22.9. The van der Waals surface area contributed by atoms with Crippen LogP contribution in [0.1, 0.15) is 31.9 Å². The number of sulfonamides is 1. The zero-order chi connectivity index (χ0) is 23.1. The molecule has 2 saturated heterocycles. The summed E-state index contributed by atoms with van der Waals surface area (Å²) in [6.45, 7) is 2.97. The molecule has 13 heteroatoms. The van der Waals surface area contributed by atoms with Gasteiger partial charge in [0.2, 0.25) is 5.88 Å². The SMILES string of the molecule is CC1CCCCN1C1CN(S(=O)(=O)c2cn(C)cn2)CC1Oc1cc(C(F)(F)F)ncn1. The highest BCUT2D eigenvalue weighted by molar-refractivity contribution is 7.89. The molecule has 9 nitrogen and oxygen atoms in total. The lowest BCUT2D eigenvalue weighted by atomic mass is 10.00. The van der Waals surface area contributed by atoms with E-state index in [2.05, 4.69) is 26.8 Å². The number of aromatic nitrogens is 4. The predicted molar refractivity (Wildman–Crippen MR) is 107 cm³/mol. The standard InChI is InChI=1S/C19H25F3N6O3S/c1-13-5-3-4-6-28(13)14-8-27(32(29,30)18-10-26(2)12-25-18)9-15(14)31-17-7-16(19(20,21)22)23-11-24-17/h7,10-15H,3-6,8-9H2,1-2H3. The summed E-state index contributed by atoms with van der Waals surface area (Å²) in [5.41, 5.74) is -1.11. The van der Waals surface area contributed by atoms with Gasteiger partial charge in [-0.05, 0) is 26.3 Å². The summed E-state index contributed by atoms with van der Waals surface area (Å²) in [5, 5.41) is -0.0764. The summed E-state index contributed by atoms with van der Waals surface area (Å²) < 4.78 is 74.2. The van der Waals surface area contributed by atoms with Gasteiger partial charge in [0.15, 0.2) is 10.7 Å². The first-order valence-corrected chi connectivity index (χ1v) is 11.8. The molecule has 2 aliphatic rings. The van der Waals surface area contributed by atoms with Crippen LogP contribution in [0.5, 0.6) is 5.88 Å². The zero-order valence-corrected chi connectivity index (χ0v) is 18.6. The average Bonchev–Trinajstić information content (AvgIpc) is 3.35. The fraction of sp³-hybridized carbons (Fsp3) is 0.632. The van der Waals surface area contributed by atoms with E-state index in [4.69, 9.17) is 4.74 Å². The van der Waals surface area contributed by atoms with E-state index in [1.165, 1.54) is 16.8 Å². The van der Waals surface area contributed by atoms with Crippen LogP contribution in [0.25, 0.3) is 0 Å². The van der Waals surface area contributed by atoms with Crippen molar-refractivity contribution < 1.29 is 26.3 Å². The third-order valence-electron chi connectivity index (χ3n) is 5.97. The van der Waals surface area contributed by atoms with Crippen molar-refractivity contribution in [3.8, 4) is 5.88 Å². The molecule has 0 aromatic carbocycles. The molecule has 3 atom stereocenters. The Morgan fingerprint density at radius 3 is 2.59 bits per heavy atom. The first-order valence-electron chi connectivity index (χ1n) is 10.4. The van der Waals surface area contributed by atoms with Crippen molar-refractivity contribution in [2.75, 3.05) is 19.6 Å². The predicted octanol–water partition coefficient (Wildman–Crippen LogP) is 1.92. The Morgan fingerprint density at radius 1 is 1.16 bits per heavy atom. The minimum Gasteiger partial charge on any atom is -0.471 e. The number of halogens is 3. The van der Waals surface area contributed by atoms with Crippen LogP contribution in [0.15, 0.2) is 29.9 Å². The topological polar surface area (TPSA) is 93.5 Å². The van der Waals surface area contributed by atoms with Crippen molar-refractivity contribution in [3.63, 3.8) is 0 Å². The number of nitrogens with zero attached hydrogens (tertiary/aromatic N) is 6. The van der Waals surface area contributed by atoms with Crippen LogP contribution in [0.4, 0.5) is 13.2 Å². The summed E-state index contributed by atoms with van der Waals surface area (Å²) in [4.78, 5) is 13.2. The van der Waals surface area contributed by atoms with Crippen LogP contribution in [-0.4, -0.2) is 75.0 Å². The Kier molecular flexibility index (Phi) is 6.16. The highest BCUT2D eigenvalue weighted by atomic mass is 32.2. The molecule has 0 amide bonds. The van der Waals surface area contributed by atoms with Gasteiger partial charge in [-0.3, -0.25) is 4.90 Å². The second-order valence-corrected chi connectivity index (χ2v) is 10.1. The number of alkyl halides is 3. The van der Waals surface area contributed by atoms with Gasteiger partial charge in [-0.1, -0.05) is 6.42 Å². The van der Waals surface area contributed by atoms with Gasteiger partial charge in [0.05, 0.1) is 18.9 Å². The van der Waals surface area contributed by atoms with Gasteiger partial charge in [0.25, 0.3) is 10.0 Å². The molecule has 2 aromatic rings. The lowest BCUT2D eigenvalue weighted by Crippen LogP contribution is -2.51. The highest BCUT2D eigenvalue weighted by Crippen LogP contribution is 2.32. The van der Waals surface area contributed by atoms with Crippen molar-refractivity contribution in [2.45, 2.75) is 55.6 Å². The summed E-state index contributed by atoms with van der Waals surface area (Å²) in [5.74, 6) is -0.232. The second kappa shape index (κ2) is 8.60. The summed E-state index contributed by atoms with van der Waals surface area (Å²) >= 11 is 0. The van der Waals surface area contributed by atoms with E-state index < -0.39 is 28.0 Å². The molecule has 0 spiro atoms. The van der Waals surface area contributed by atoms with Gasteiger partial charge < -0.3 is 9.30 Å². The monoisotopic (exact) mass is 474 g/mol. The van der Waals surface area contributed by atoms with Crippen molar-refractivity contribution in [2.24, 2.45) is 7.05 Å². The van der Waals surface area contributed by atoms with Gasteiger partial charge >= 0.3 is 6.18 Å². The molecule has 0 aliphatic carbocycles. The maximum absolute atomic E-state index is 13.1. The molecule has 0 saturated carbocycles. The van der Waals surface area contributed by atoms with E-state index in [1.54, 1.807) is 11.6 Å². The Morgan fingerprint density at radius 2 is 1.94 bits per heavy atom. The second-order valence-electron chi connectivity index (χ2n) is 8.24. The molecule has 4 heterocycles. The highest BCUT2D eigenvalue weighted by Gasteiger charge is 2.46. The van der Waals surface area contributed by atoms with Crippen LogP contribution in [-0.2, 0) is 23.2 Å². The van der Waals surface area contributed by atoms with Crippen LogP contribution in [0.3, 0.4) is 0 Å². The number of likely N-dealkylation sites (tertiary alicyclic amines) is 1. The number of ether oxygens (including phenoxy) is 1. The van der Waals surface area contributed by atoms with E-state index in [1.807, 2.05) is 0 Å². The van der Waals surface area contributed by atoms with Crippen LogP contribution >= 0.6 is 0 Å². The number of hydrogen-bond donors (Lipinski definition) is 0. The Hall–Kier alpha value is -2.25. The van der Waals surface area contributed by atoms with Crippen molar-refractivity contribution in [3.05, 3.63) is 30.6 Å². The van der Waals surface area contributed by atoms with E-state index in [-0.39, 0.29) is 36.1 Å².